The Hall–Kier alpha value is -1.26. The van der Waals surface area contributed by atoms with Gasteiger partial charge in [0, 0.05) is 12.5 Å². The molecule has 0 bridgehead atoms. The molecular formula is C16H25NO3. The first kappa shape index (κ1) is 15.1. The molecule has 112 valence electrons. The topological polar surface area (TPSA) is 64.7 Å². The van der Waals surface area contributed by atoms with E-state index in [9.17, 15) is 5.11 Å². The maximum atomic E-state index is 10.6. The number of benzene rings is 1. The van der Waals surface area contributed by atoms with Gasteiger partial charge in [0.25, 0.3) is 0 Å². The Morgan fingerprint density at radius 1 is 1.15 bits per heavy atom. The van der Waals surface area contributed by atoms with Gasteiger partial charge in [0.15, 0.2) is 11.5 Å². The van der Waals surface area contributed by atoms with E-state index in [-0.39, 0.29) is 11.8 Å². The van der Waals surface area contributed by atoms with Crippen LogP contribution in [0.15, 0.2) is 18.2 Å². The Labute approximate surface area is 120 Å². The molecule has 3 unspecified atom stereocenters. The second-order valence-electron chi connectivity index (χ2n) is 5.84. The Morgan fingerprint density at radius 3 is 2.40 bits per heavy atom. The van der Waals surface area contributed by atoms with Gasteiger partial charge in [0.05, 0.1) is 6.10 Å². The van der Waals surface area contributed by atoms with Crippen molar-refractivity contribution in [2.75, 3.05) is 19.8 Å². The number of aliphatic hydroxyl groups excluding tert-OH is 1. The smallest absolute Gasteiger partial charge is 0.161 e. The van der Waals surface area contributed by atoms with E-state index in [4.69, 9.17) is 15.2 Å². The number of aliphatic hydroxyl groups is 1. The van der Waals surface area contributed by atoms with E-state index in [2.05, 4.69) is 20.8 Å². The van der Waals surface area contributed by atoms with Crippen molar-refractivity contribution in [1.29, 1.82) is 0 Å². The highest BCUT2D eigenvalue weighted by molar-refractivity contribution is 5.45. The maximum absolute atomic E-state index is 10.6. The van der Waals surface area contributed by atoms with Crippen molar-refractivity contribution in [1.82, 2.24) is 0 Å². The molecule has 0 saturated carbocycles. The molecule has 0 aliphatic carbocycles. The summed E-state index contributed by atoms with van der Waals surface area (Å²) in [6.07, 6.45) is -0.456. The van der Waals surface area contributed by atoms with E-state index in [0.717, 1.165) is 17.1 Å². The Kier molecular flexibility index (Phi) is 4.89. The van der Waals surface area contributed by atoms with Crippen LogP contribution in [-0.2, 0) is 0 Å². The summed E-state index contributed by atoms with van der Waals surface area (Å²) in [5.41, 5.74) is 6.90. The summed E-state index contributed by atoms with van der Waals surface area (Å²) in [6.45, 7) is 7.86. The first-order valence-corrected chi connectivity index (χ1v) is 7.32. The zero-order chi connectivity index (χ0) is 14.7. The minimum Gasteiger partial charge on any atom is -0.486 e. The van der Waals surface area contributed by atoms with Gasteiger partial charge in [-0.3, -0.25) is 0 Å². The van der Waals surface area contributed by atoms with Crippen LogP contribution in [-0.4, -0.2) is 31.0 Å². The van der Waals surface area contributed by atoms with Crippen LogP contribution in [0.4, 0.5) is 0 Å². The summed E-state index contributed by atoms with van der Waals surface area (Å²) in [7, 11) is 0. The van der Waals surface area contributed by atoms with Crippen LogP contribution in [0.3, 0.4) is 0 Å². The minimum atomic E-state index is -0.456. The first-order chi connectivity index (χ1) is 9.54. The van der Waals surface area contributed by atoms with Crippen LogP contribution in [0, 0.1) is 11.8 Å². The minimum absolute atomic E-state index is 0.0803. The van der Waals surface area contributed by atoms with Gasteiger partial charge >= 0.3 is 0 Å². The Balaban J connectivity index is 2.23. The van der Waals surface area contributed by atoms with Crippen LogP contribution < -0.4 is 15.2 Å². The van der Waals surface area contributed by atoms with E-state index in [1.807, 2.05) is 18.2 Å². The fourth-order valence-corrected chi connectivity index (χ4v) is 2.52. The molecule has 1 heterocycles. The second-order valence-corrected chi connectivity index (χ2v) is 5.84. The van der Waals surface area contributed by atoms with Crippen molar-refractivity contribution in [3.05, 3.63) is 23.8 Å². The molecule has 1 aliphatic heterocycles. The molecule has 1 aromatic rings. The average Bonchev–Trinajstić information content (AvgIpc) is 2.46. The monoisotopic (exact) mass is 279 g/mol. The van der Waals surface area contributed by atoms with Crippen LogP contribution in [0.5, 0.6) is 11.5 Å². The maximum Gasteiger partial charge on any atom is 0.161 e. The molecule has 0 amide bonds. The normalized spacial score (nSPS) is 18.7. The molecule has 3 N–H and O–H groups in total. The highest BCUT2D eigenvalue weighted by Crippen LogP contribution is 2.35. The summed E-state index contributed by atoms with van der Waals surface area (Å²) in [5.74, 6) is 2.04. The lowest BCUT2D eigenvalue weighted by atomic mass is 9.81. The van der Waals surface area contributed by atoms with Gasteiger partial charge in [0.1, 0.15) is 13.2 Å². The number of rotatable bonds is 5. The summed E-state index contributed by atoms with van der Waals surface area (Å²) < 4.78 is 11.1. The van der Waals surface area contributed by atoms with E-state index in [1.165, 1.54) is 0 Å². The van der Waals surface area contributed by atoms with E-state index >= 15 is 0 Å². The summed E-state index contributed by atoms with van der Waals surface area (Å²) in [4.78, 5) is 0. The zero-order valence-electron chi connectivity index (χ0n) is 12.5. The number of hydrogen-bond acceptors (Lipinski definition) is 4. The largest absolute Gasteiger partial charge is 0.486 e. The lowest BCUT2D eigenvalue weighted by molar-refractivity contribution is 0.0682. The third-order valence-electron chi connectivity index (χ3n) is 4.25. The van der Waals surface area contributed by atoms with Gasteiger partial charge in [-0.05, 0) is 29.5 Å². The highest BCUT2D eigenvalue weighted by Gasteiger charge is 2.28. The van der Waals surface area contributed by atoms with Gasteiger partial charge in [0.2, 0.25) is 0 Å². The Morgan fingerprint density at radius 2 is 1.80 bits per heavy atom. The molecule has 0 radical (unpaired) electrons. The lowest BCUT2D eigenvalue weighted by Gasteiger charge is -2.30. The lowest BCUT2D eigenvalue weighted by Crippen LogP contribution is -2.33. The van der Waals surface area contributed by atoms with Crippen LogP contribution >= 0.6 is 0 Å². The summed E-state index contributed by atoms with van der Waals surface area (Å²) >= 11 is 0. The average molecular weight is 279 g/mol. The van der Waals surface area contributed by atoms with Crippen molar-refractivity contribution in [3.63, 3.8) is 0 Å². The molecule has 0 fully saturated rings. The van der Waals surface area contributed by atoms with Gasteiger partial charge in [-0.2, -0.15) is 0 Å². The van der Waals surface area contributed by atoms with Crippen molar-refractivity contribution >= 4 is 0 Å². The molecule has 1 aliphatic rings. The van der Waals surface area contributed by atoms with E-state index in [1.54, 1.807) is 0 Å². The summed E-state index contributed by atoms with van der Waals surface area (Å²) in [6, 6.07) is 5.82. The van der Waals surface area contributed by atoms with Crippen molar-refractivity contribution in [3.8, 4) is 11.5 Å². The van der Waals surface area contributed by atoms with Crippen LogP contribution in [0.1, 0.15) is 32.3 Å². The zero-order valence-corrected chi connectivity index (χ0v) is 12.5. The molecule has 0 aromatic heterocycles. The summed E-state index contributed by atoms with van der Waals surface area (Å²) in [5, 5.41) is 10.6. The van der Waals surface area contributed by atoms with Crippen molar-refractivity contribution in [2.45, 2.75) is 32.8 Å². The van der Waals surface area contributed by atoms with Gasteiger partial charge in [-0.1, -0.05) is 26.8 Å². The first-order valence-electron chi connectivity index (χ1n) is 7.32. The third kappa shape index (κ3) is 3.07. The quantitative estimate of drug-likeness (QED) is 0.867. The second kappa shape index (κ2) is 6.46. The van der Waals surface area contributed by atoms with Crippen molar-refractivity contribution < 1.29 is 14.6 Å². The molecule has 0 saturated heterocycles. The molecule has 20 heavy (non-hydrogen) atoms. The number of nitrogens with two attached hydrogens (primary N) is 1. The fraction of sp³-hybridized carbons (Fsp3) is 0.625. The van der Waals surface area contributed by atoms with E-state index < -0.39 is 6.10 Å². The van der Waals surface area contributed by atoms with E-state index in [0.29, 0.717) is 25.7 Å². The van der Waals surface area contributed by atoms with Crippen LogP contribution in [0.25, 0.3) is 0 Å². The predicted octanol–water partition coefficient (Wildman–Crippen LogP) is 2.15. The molecule has 0 spiro atoms. The van der Waals surface area contributed by atoms with Gasteiger partial charge < -0.3 is 20.3 Å². The SMILES string of the molecule is CC(C)C(C)C(O)C(CN)c1ccc2c(c1)OCCO2. The fourth-order valence-electron chi connectivity index (χ4n) is 2.52. The van der Waals surface area contributed by atoms with Crippen LogP contribution in [0.2, 0.25) is 0 Å². The Bertz CT molecular complexity index is 447. The highest BCUT2D eigenvalue weighted by atomic mass is 16.6. The molecule has 4 heteroatoms. The number of fused-ring (bicyclic) bond motifs is 1. The number of ether oxygens (including phenoxy) is 2. The molecule has 4 nitrogen and oxygen atoms in total. The number of hydrogen-bond donors (Lipinski definition) is 2. The standard InChI is InChI=1S/C16H25NO3/c1-10(2)11(3)16(18)13(9-17)12-4-5-14-15(8-12)20-7-6-19-14/h4-5,8,10-11,13,16,18H,6-7,9,17H2,1-3H3. The predicted molar refractivity (Wildman–Crippen MR) is 79.2 cm³/mol. The molecular weight excluding hydrogens is 254 g/mol. The molecule has 1 aromatic carbocycles. The molecule has 2 rings (SSSR count). The van der Waals surface area contributed by atoms with Gasteiger partial charge in [-0.15, -0.1) is 0 Å². The van der Waals surface area contributed by atoms with Gasteiger partial charge in [-0.25, -0.2) is 0 Å². The third-order valence-corrected chi connectivity index (χ3v) is 4.25. The molecule has 3 atom stereocenters. The van der Waals surface area contributed by atoms with Crippen molar-refractivity contribution in [2.24, 2.45) is 17.6 Å².